The molecule has 0 heterocycles. The third kappa shape index (κ3) is 6.86. The van der Waals surface area contributed by atoms with Gasteiger partial charge in [-0.05, 0) is 55.3 Å². The standard InChI is InChI=1S/C18H23ClN2O4S.ClH/c1-3-25-17-11-14(10-16(19)18(17)24-2)12-21-9-8-13-4-6-15(7-5-13)26(20,22)23;/h4-7,10-11,21H,3,8-9,12H2,1-2H3,(H2,20,22,23);1H. The molecular weight excluding hydrogens is 411 g/mol. The van der Waals surface area contributed by atoms with E-state index in [0.29, 0.717) is 29.7 Å². The number of hydrogen-bond acceptors (Lipinski definition) is 5. The molecule has 3 N–H and O–H groups in total. The van der Waals surface area contributed by atoms with Crippen molar-refractivity contribution in [3.63, 3.8) is 0 Å². The van der Waals surface area contributed by atoms with Crippen molar-refractivity contribution in [3.05, 3.63) is 52.5 Å². The van der Waals surface area contributed by atoms with Crippen molar-refractivity contribution >= 4 is 34.0 Å². The van der Waals surface area contributed by atoms with E-state index < -0.39 is 10.0 Å². The molecule has 9 heteroatoms. The van der Waals surface area contributed by atoms with E-state index in [1.807, 2.05) is 19.1 Å². The Labute approximate surface area is 171 Å². The molecule has 150 valence electrons. The zero-order valence-corrected chi connectivity index (χ0v) is 17.6. The van der Waals surface area contributed by atoms with Crippen molar-refractivity contribution in [1.82, 2.24) is 5.32 Å². The van der Waals surface area contributed by atoms with Crippen molar-refractivity contribution in [2.45, 2.75) is 24.8 Å². The molecule has 0 atom stereocenters. The zero-order valence-electron chi connectivity index (χ0n) is 15.2. The summed E-state index contributed by atoms with van der Waals surface area (Å²) in [6.45, 7) is 3.78. The second kappa shape index (κ2) is 10.7. The Bertz CT molecular complexity index is 843. The molecule has 0 aliphatic rings. The first-order valence-electron chi connectivity index (χ1n) is 8.16. The summed E-state index contributed by atoms with van der Waals surface area (Å²) in [5.74, 6) is 1.16. The maximum absolute atomic E-state index is 11.2. The number of nitrogens with two attached hydrogens (primary N) is 1. The SMILES string of the molecule is CCOc1cc(CNCCc2ccc(S(N)(=O)=O)cc2)cc(Cl)c1OC.Cl. The molecule has 27 heavy (non-hydrogen) atoms. The minimum atomic E-state index is -3.65. The van der Waals surface area contributed by atoms with Gasteiger partial charge < -0.3 is 14.8 Å². The highest BCUT2D eigenvalue weighted by molar-refractivity contribution is 7.89. The molecule has 6 nitrogen and oxygen atoms in total. The summed E-state index contributed by atoms with van der Waals surface area (Å²) in [6.07, 6.45) is 0.757. The molecule has 0 fully saturated rings. The average molecular weight is 435 g/mol. The highest BCUT2D eigenvalue weighted by atomic mass is 35.5. The molecule has 2 aromatic carbocycles. The quantitative estimate of drug-likeness (QED) is 0.591. The Balaban J connectivity index is 0.00000364. The Morgan fingerprint density at radius 1 is 1.15 bits per heavy atom. The van der Waals surface area contributed by atoms with E-state index in [-0.39, 0.29) is 17.3 Å². The largest absolute Gasteiger partial charge is 0.491 e. The van der Waals surface area contributed by atoms with E-state index >= 15 is 0 Å². The molecule has 0 bridgehead atoms. The van der Waals surface area contributed by atoms with Gasteiger partial charge in [-0.1, -0.05) is 23.7 Å². The Morgan fingerprint density at radius 3 is 2.37 bits per heavy atom. The van der Waals surface area contributed by atoms with Crippen LogP contribution in [0, 0.1) is 0 Å². The van der Waals surface area contributed by atoms with Crippen LogP contribution in [-0.2, 0) is 23.0 Å². The van der Waals surface area contributed by atoms with Gasteiger partial charge in [0.15, 0.2) is 11.5 Å². The molecule has 2 rings (SSSR count). The first kappa shape index (κ1) is 23.5. The maximum Gasteiger partial charge on any atom is 0.238 e. The van der Waals surface area contributed by atoms with Crippen LogP contribution >= 0.6 is 24.0 Å². The number of hydrogen-bond donors (Lipinski definition) is 2. The predicted octanol–water partition coefficient (Wildman–Crippen LogP) is 3.15. The summed E-state index contributed by atoms with van der Waals surface area (Å²) in [4.78, 5) is 0.116. The van der Waals surface area contributed by atoms with Crippen molar-refractivity contribution in [3.8, 4) is 11.5 Å². The van der Waals surface area contributed by atoms with Crippen LogP contribution < -0.4 is 19.9 Å². The second-order valence-corrected chi connectivity index (χ2v) is 7.63. The summed E-state index contributed by atoms with van der Waals surface area (Å²) in [7, 11) is -2.09. The summed E-state index contributed by atoms with van der Waals surface area (Å²) in [5, 5.41) is 8.93. The third-order valence-corrected chi connectivity index (χ3v) is 4.95. The van der Waals surface area contributed by atoms with Gasteiger partial charge in [0.05, 0.1) is 23.6 Å². The van der Waals surface area contributed by atoms with Gasteiger partial charge in [-0.3, -0.25) is 0 Å². The summed E-state index contributed by atoms with van der Waals surface area (Å²) < 4.78 is 33.3. The monoisotopic (exact) mass is 434 g/mol. The molecule has 0 unspecified atom stereocenters. The van der Waals surface area contributed by atoms with Crippen molar-refractivity contribution in [1.29, 1.82) is 0 Å². The van der Waals surface area contributed by atoms with Crippen molar-refractivity contribution in [2.75, 3.05) is 20.3 Å². The van der Waals surface area contributed by atoms with Crippen LogP contribution in [0.15, 0.2) is 41.3 Å². The van der Waals surface area contributed by atoms with Crippen LogP contribution in [0.3, 0.4) is 0 Å². The lowest BCUT2D eigenvalue weighted by molar-refractivity contribution is 0.310. The molecule has 0 aliphatic heterocycles. The number of halogens is 2. The zero-order chi connectivity index (χ0) is 19.2. The molecular formula is C18H24Cl2N2O4S. The fraction of sp³-hybridized carbons (Fsp3) is 0.333. The van der Waals surface area contributed by atoms with Gasteiger partial charge in [0.2, 0.25) is 10.0 Å². The molecule has 0 radical (unpaired) electrons. The Morgan fingerprint density at radius 2 is 1.81 bits per heavy atom. The van der Waals surface area contributed by atoms with Crippen LogP contribution in [0.5, 0.6) is 11.5 Å². The van der Waals surface area contributed by atoms with E-state index in [0.717, 1.165) is 24.1 Å². The van der Waals surface area contributed by atoms with Crippen LogP contribution in [0.25, 0.3) is 0 Å². The van der Waals surface area contributed by atoms with Crippen LogP contribution in [0.1, 0.15) is 18.1 Å². The van der Waals surface area contributed by atoms with Gasteiger partial charge in [-0.15, -0.1) is 12.4 Å². The minimum Gasteiger partial charge on any atom is -0.491 e. The van der Waals surface area contributed by atoms with Crippen molar-refractivity contribution in [2.24, 2.45) is 5.14 Å². The molecule has 0 amide bonds. The molecule has 0 saturated carbocycles. The molecule has 0 spiro atoms. The number of sulfonamides is 1. The number of benzene rings is 2. The average Bonchev–Trinajstić information content (AvgIpc) is 2.58. The highest BCUT2D eigenvalue weighted by Gasteiger charge is 2.11. The van der Waals surface area contributed by atoms with Gasteiger partial charge in [0, 0.05) is 6.54 Å². The lowest BCUT2D eigenvalue weighted by Gasteiger charge is -2.13. The van der Waals surface area contributed by atoms with E-state index in [4.69, 9.17) is 26.2 Å². The van der Waals surface area contributed by atoms with E-state index in [9.17, 15) is 8.42 Å². The Hall–Kier alpha value is -1.51. The van der Waals surface area contributed by atoms with Crippen molar-refractivity contribution < 1.29 is 17.9 Å². The van der Waals surface area contributed by atoms with Gasteiger partial charge in [0.25, 0.3) is 0 Å². The number of ether oxygens (including phenoxy) is 2. The molecule has 0 saturated heterocycles. The maximum atomic E-state index is 11.2. The third-order valence-electron chi connectivity index (χ3n) is 3.74. The Kier molecular flexibility index (Phi) is 9.35. The normalized spacial score (nSPS) is 11.0. The predicted molar refractivity (Wildman–Crippen MR) is 110 cm³/mol. The molecule has 0 aromatic heterocycles. The van der Waals surface area contributed by atoms with Gasteiger partial charge in [0.1, 0.15) is 0 Å². The van der Waals surface area contributed by atoms with Crippen LogP contribution in [0.4, 0.5) is 0 Å². The fourth-order valence-corrected chi connectivity index (χ4v) is 3.32. The first-order chi connectivity index (χ1) is 12.3. The first-order valence-corrected chi connectivity index (χ1v) is 10.1. The van der Waals surface area contributed by atoms with Gasteiger partial charge in [-0.25, -0.2) is 13.6 Å². The second-order valence-electron chi connectivity index (χ2n) is 5.66. The summed E-state index contributed by atoms with van der Waals surface area (Å²) >= 11 is 6.24. The fourth-order valence-electron chi connectivity index (χ4n) is 2.50. The van der Waals surface area contributed by atoms with E-state index in [1.54, 1.807) is 19.2 Å². The smallest absolute Gasteiger partial charge is 0.238 e. The number of rotatable bonds is 9. The number of primary sulfonamides is 1. The number of nitrogens with one attached hydrogen (secondary N) is 1. The van der Waals surface area contributed by atoms with Crippen LogP contribution in [-0.4, -0.2) is 28.7 Å². The van der Waals surface area contributed by atoms with Gasteiger partial charge >= 0.3 is 0 Å². The summed E-state index contributed by atoms with van der Waals surface area (Å²) in [6, 6.07) is 10.3. The van der Waals surface area contributed by atoms with E-state index in [2.05, 4.69) is 5.32 Å². The summed E-state index contributed by atoms with van der Waals surface area (Å²) in [5.41, 5.74) is 2.01. The molecule has 0 aliphatic carbocycles. The lowest BCUT2D eigenvalue weighted by Crippen LogP contribution is -2.17. The lowest BCUT2D eigenvalue weighted by atomic mass is 10.1. The number of methoxy groups -OCH3 is 1. The highest BCUT2D eigenvalue weighted by Crippen LogP contribution is 2.36. The minimum absolute atomic E-state index is 0. The van der Waals surface area contributed by atoms with Gasteiger partial charge in [-0.2, -0.15) is 0 Å². The topological polar surface area (TPSA) is 90.6 Å². The van der Waals surface area contributed by atoms with Crippen LogP contribution in [0.2, 0.25) is 5.02 Å². The van der Waals surface area contributed by atoms with E-state index in [1.165, 1.54) is 12.1 Å². The molecule has 2 aromatic rings.